The maximum atomic E-state index is 13.1. The number of pyridine rings is 2. The second kappa shape index (κ2) is 14.0. The van der Waals surface area contributed by atoms with Crippen molar-refractivity contribution in [3.8, 4) is 23.7 Å². The Morgan fingerprint density at radius 2 is 1.08 bits per heavy atom. The van der Waals surface area contributed by atoms with Gasteiger partial charge in [0.05, 0.1) is 0 Å². The van der Waals surface area contributed by atoms with Crippen LogP contribution in [0.3, 0.4) is 0 Å². The third kappa shape index (κ3) is 7.90. The molecule has 0 bridgehead atoms. The minimum atomic E-state index is -0.312. The first-order valence-corrected chi connectivity index (χ1v) is 15.7. The van der Waals surface area contributed by atoms with Crippen molar-refractivity contribution < 1.29 is 14.0 Å². The molecular formula is C38H36ClFN6O2. The zero-order chi connectivity index (χ0) is 34.6. The van der Waals surface area contributed by atoms with Gasteiger partial charge in [-0.05, 0) is 88.4 Å². The summed E-state index contributed by atoms with van der Waals surface area (Å²) >= 11 is 5.95. The van der Waals surface area contributed by atoms with E-state index in [1.54, 1.807) is 46.7 Å². The minimum Gasteiger partial charge on any atom is -0.273 e. The molecule has 2 fully saturated rings. The van der Waals surface area contributed by atoms with Gasteiger partial charge in [-0.3, -0.25) is 9.59 Å². The summed E-state index contributed by atoms with van der Waals surface area (Å²) in [6.07, 6.45) is 4.22. The number of hydrogen-bond acceptors (Lipinski definition) is 6. The van der Waals surface area contributed by atoms with Crippen LogP contribution in [-0.2, 0) is 9.59 Å². The van der Waals surface area contributed by atoms with E-state index in [9.17, 15) is 14.0 Å². The van der Waals surface area contributed by atoms with E-state index in [0.717, 1.165) is 11.1 Å². The van der Waals surface area contributed by atoms with Crippen LogP contribution in [0, 0.1) is 29.5 Å². The van der Waals surface area contributed by atoms with Crippen LogP contribution in [0.5, 0.6) is 0 Å². The van der Waals surface area contributed by atoms with E-state index in [4.69, 9.17) is 11.6 Å². The Morgan fingerprint density at radius 3 is 1.46 bits per heavy atom. The number of nitrogens with zero attached hydrogens (tertiary/aromatic N) is 6. The zero-order valence-corrected chi connectivity index (χ0v) is 28.5. The first-order valence-electron chi connectivity index (χ1n) is 15.3. The van der Waals surface area contributed by atoms with E-state index in [0.29, 0.717) is 40.6 Å². The van der Waals surface area contributed by atoms with Crippen LogP contribution >= 0.6 is 11.6 Å². The van der Waals surface area contributed by atoms with Gasteiger partial charge in [-0.2, -0.15) is 0 Å². The molecule has 2 aromatic carbocycles. The molecule has 6 rings (SSSR count). The predicted molar refractivity (Wildman–Crippen MR) is 186 cm³/mol. The van der Waals surface area contributed by atoms with Crippen molar-refractivity contribution in [1.29, 1.82) is 0 Å². The number of hydrazine groups is 2. The van der Waals surface area contributed by atoms with Gasteiger partial charge >= 0.3 is 0 Å². The lowest BCUT2D eigenvalue weighted by molar-refractivity contribution is -0.118. The fourth-order valence-corrected chi connectivity index (χ4v) is 5.34. The van der Waals surface area contributed by atoms with Gasteiger partial charge in [0.15, 0.2) is 0 Å². The number of carbonyl (C=O) groups excluding carboxylic acids is 2. The number of aromatic nitrogens is 2. The van der Waals surface area contributed by atoms with Crippen molar-refractivity contribution in [2.45, 2.75) is 51.6 Å². The molecule has 4 aromatic rings. The molecule has 4 heterocycles. The normalized spacial score (nSPS) is 16.8. The smallest absolute Gasteiger partial charge is 0.244 e. The first kappa shape index (κ1) is 34.3. The Bertz CT molecular complexity index is 1810. The highest BCUT2D eigenvalue weighted by Gasteiger charge is 2.43. The summed E-state index contributed by atoms with van der Waals surface area (Å²) in [7, 11) is 3.78. The second-order valence-electron chi connectivity index (χ2n) is 12.8. The number of benzene rings is 2. The van der Waals surface area contributed by atoms with Crippen LogP contribution < -0.4 is 10.0 Å². The quantitative estimate of drug-likeness (QED) is 0.229. The SMILES string of the molecule is CN1N(c2ccc(C#Cc3cccc(Cl)c3)cn2)C(=O)CC1(C)C.CN1N(c2ccc(C#Cc3cccc(F)c3)cn2)C(=O)CC1(C)C. The summed E-state index contributed by atoms with van der Waals surface area (Å²) in [5.41, 5.74) is 2.51. The Labute approximate surface area is 286 Å². The lowest BCUT2D eigenvalue weighted by Gasteiger charge is -2.31. The van der Waals surface area contributed by atoms with Crippen molar-refractivity contribution >= 4 is 35.1 Å². The van der Waals surface area contributed by atoms with Gasteiger partial charge in [0.25, 0.3) is 0 Å². The fraction of sp³-hybridized carbons (Fsp3) is 0.263. The molecule has 2 aliphatic rings. The number of rotatable bonds is 2. The van der Waals surface area contributed by atoms with E-state index < -0.39 is 0 Å². The van der Waals surface area contributed by atoms with Gasteiger partial charge in [-0.1, -0.05) is 47.4 Å². The molecule has 0 aliphatic carbocycles. The summed E-state index contributed by atoms with van der Waals surface area (Å²) in [4.78, 5) is 33.2. The third-order valence-electron chi connectivity index (χ3n) is 8.27. The molecule has 48 heavy (non-hydrogen) atoms. The average molecular weight is 663 g/mol. The lowest BCUT2D eigenvalue weighted by atomic mass is 10.0. The Balaban J connectivity index is 0.000000188. The molecule has 2 aromatic heterocycles. The minimum absolute atomic E-state index is 0.0218. The monoisotopic (exact) mass is 662 g/mol. The van der Waals surface area contributed by atoms with E-state index in [2.05, 4.69) is 33.6 Å². The molecule has 2 amide bonds. The van der Waals surface area contributed by atoms with Crippen LogP contribution in [0.25, 0.3) is 0 Å². The number of halogens is 2. The van der Waals surface area contributed by atoms with Crippen molar-refractivity contribution in [3.05, 3.63) is 118 Å². The topological polar surface area (TPSA) is 72.9 Å². The van der Waals surface area contributed by atoms with E-state index >= 15 is 0 Å². The van der Waals surface area contributed by atoms with Crippen molar-refractivity contribution in [3.63, 3.8) is 0 Å². The number of amides is 2. The summed E-state index contributed by atoms with van der Waals surface area (Å²) in [5, 5.41) is 7.69. The van der Waals surface area contributed by atoms with Crippen molar-refractivity contribution in [2.75, 3.05) is 24.1 Å². The van der Waals surface area contributed by atoms with Crippen LogP contribution in [0.4, 0.5) is 16.0 Å². The maximum absolute atomic E-state index is 13.1. The van der Waals surface area contributed by atoms with E-state index in [-0.39, 0.29) is 28.7 Å². The third-order valence-corrected chi connectivity index (χ3v) is 8.51. The van der Waals surface area contributed by atoms with Crippen LogP contribution in [0.1, 0.15) is 62.8 Å². The molecular weight excluding hydrogens is 627 g/mol. The van der Waals surface area contributed by atoms with Gasteiger partial charge in [0, 0.05) is 77.7 Å². The average Bonchev–Trinajstić information content (AvgIpc) is 3.38. The van der Waals surface area contributed by atoms with Gasteiger partial charge in [-0.15, -0.1) is 0 Å². The highest BCUT2D eigenvalue weighted by Crippen LogP contribution is 2.32. The van der Waals surface area contributed by atoms with Gasteiger partial charge in [-0.25, -0.2) is 34.4 Å². The fourth-order valence-electron chi connectivity index (χ4n) is 5.15. The highest BCUT2D eigenvalue weighted by atomic mass is 35.5. The molecule has 0 saturated carbocycles. The molecule has 0 radical (unpaired) electrons. The molecule has 2 saturated heterocycles. The predicted octanol–water partition coefficient (Wildman–Crippen LogP) is 6.48. The molecule has 244 valence electrons. The highest BCUT2D eigenvalue weighted by molar-refractivity contribution is 6.30. The second-order valence-corrected chi connectivity index (χ2v) is 13.2. The van der Waals surface area contributed by atoms with E-state index in [1.807, 2.05) is 88.2 Å². The van der Waals surface area contributed by atoms with Crippen molar-refractivity contribution in [1.82, 2.24) is 20.0 Å². The maximum Gasteiger partial charge on any atom is 0.244 e. The van der Waals surface area contributed by atoms with E-state index in [1.165, 1.54) is 12.1 Å². The summed E-state index contributed by atoms with van der Waals surface area (Å²) in [6.45, 7) is 8.11. The molecule has 2 aliphatic heterocycles. The largest absolute Gasteiger partial charge is 0.273 e. The molecule has 0 N–H and O–H groups in total. The van der Waals surface area contributed by atoms with Crippen molar-refractivity contribution in [2.24, 2.45) is 0 Å². The van der Waals surface area contributed by atoms with Crippen LogP contribution in [0.2, 0.25) is 5.02 Å². The van der Waals surface area contributed by atoms with Gasteiger partial charge in [0.2, 0.25) is 11.8 Å². The number of hydrogen-bond donors (Lipinski definition) is 0. The molecule has 8 nitrogen and oxygen atoms in total. The van der Waals surface area contributed by atoms with Gasteiger partial charge < -0.3 is 0 Å². The molecule has 0 unspecified atom stereocenters. The Kier molecular flexibility index (Phi) is 9.98. The lowest BCUT2D eigenvalue weighted by Crippen LogP contribution is -2.44. The first-order chi connectivity index (χ1) is 22.7. The summed E-state index contributed by atoms with van der Waals surface area (Å²) in [6, 6.07) is 20.8. The molecule has 10 heteroatoms. The van der Waals surface area contributed by atoms with Crippen LogP contribution in [0.15, 0.2) is 85.2 Å². The Hall–Kier alpha value is -5.06. The number of anilines is 2. The number of carbonyl (C=O) groups is 2. The zero-order valence-electron chi connectivity index (χ0n) is 27.8. The van der Waals surface area contributed by atoms with Gasteiger partial charge in [0.1, 0.15) is 17.5 Å². The summed E-state index contributed by atoms with van der Waals surface area (Å²) in [5.74, 6) is 12.9. The summed E-state index contributed by atoms with van der Waals surface area (Å²) < 4.78 is 13.1. The standard InChI is InChI=1S/C19H18ClN3O.C19H18FN3O/c2*1-19(2)12-18(24)23(22(19)3)17-10-9-15(13-21-17)8-7-14-5-4-6-16(20)11-14/h2*4-6,9-11,13H,12H2,1-3H3. The molecule has 0 atom stereocenters. The Morgan fingerprint density at radius 1 is 0.646 bits per heavy atom. The molecule has 0 spiro atoms. The van der Waals surface area contributed by atoms with Crippen LogP contribution in [-0.4, -0.2) is 57.0 Å².